The summed E-state index contributed by atoms with van der Waals surface area (Å²) in [6, 6.07) is 5.77. The number of nitro benzene ring substituents is 1. The molecular formula is C18H20N4O5S. The van der Waals surface area contributed by atoms with Gasteiger partial charge in [0.25, 0.3) is 5.69 Å². The minimum atomic E-state index is -3.28. The van der Waals surface area contributed by atoms with Crippen molar-refractivity contribution in [3.8, 4) is 5.69 Å². The summed E-state index contributed by atoms with van der Waals surface area (Å²) in [5, 5.41) is 18.2. The highest BCUT2D eigenvalue weighted by atomic mass is 32.2. The van der Waals surface area contributed by atoms with Gasteiger partial charge in [-0.3, -0.25) is 14.9 Å². The Hall–Kier alpha value is -2.75. The second-order valence-electron chi connectivity index (χ2n) is 7.32. The van der Waals surface area contributed by atoms with Crippen LogP contribution in [0.5, 0.6) is 0 Å². The number of sulfone groups is 1. The van der Waals surface area contributed by atoms with Crippen LogP contribution in [0.15, 0.2) is 24.3 Å². The largest absolute Gasteiger partial charge is 0.310 e. The first kappa shape index (κ1) is 18.6. The van der Waals surface area contributed by atoms with E-state index in [2.05, 4.69) is 10.4 Å². The smallest absolute Gasteiger partial charge is 0.269 e. The number of benzene rings is 1. The van der Waals surface area contributed by atoms with Crippen LogP contribution in [0.3, 0.4) is 0 Å². The zero-order valence-electron chi connectivity index (χ0n) is 15.1. The van der Waals surface area contributed by atoms with Gasteiger partial charge in [-0.05, 0) is 25.0 Å². The van der Waals surface area contributed by atoms with Gasteiger partial charge in [0, 0.05) is 23.6 Å². The summed E-state index contributed by atoms with van der Waals surface area (Å²) < 4.78 is 25.5. The molecule has 0 atom stereocenters. The monoisotopic (exact) mass is 404 g/mol. The van der Waals surface area contributed by atoms with Crippen LogP contribution in [0.2, 0.25) is 0 Å². The Morgan fingerprint density at radius 3 is 2.46 bits per heavy atom. The molecule has 0 saturated heterocycles. The third-order valence-electron chi connectivity index (χ3n) is 5.31. The van der Waals surface area contributed by atoms with Crippen LogP contribution in [0.1, 0.15) is 43.4 Å². The van der Waals surface area contributed by atoms with E-state index in [1.807, 2.05) is 0 Å². The molecule has 2 aromatic rings. The topological polar surface area (TPSA) is 124 Å². The molecule has 0 radical (unpaired) electrons. The average Bonchev–Trinajstić information content (AvgIpc) is 3.15. The summed E-state index contributed by atoms with van der Waals surface area (Å²) >= 11 is 0. The number of rotatable bonds is 4. The van der Waals surface area contributed by atoms with E-state index in [1.54, 1.807) is 0 Å². The number of nitrogens with zero attached hydrogens (tertiary/aromatic N) is 3. The highest BCUT2D eigenvalue weighted by Gasteiger charge is 2.34. The van der Waals surface area contributed by atoms with Crippen molar-refractivity contribution < 1.29 is 18.1 Å². The van der Waals surface area contributed by atoms with Crippen molar-refractivity contribution in [1.29, 1.82) is 0 Å². The lowest BCUT2D eigenvalue weighted by molar-refractivity contribution is -0.384. The number of nitro groups is 1. The van der Waals surface area contributed by atoms with Crippen LogP contribution in [0.25, 0.3) is 5.69 Å². The number of anilines is 1. The number of nitrogens with one attached hydrogen (secondary N) is 1. The van der Waals surface area contributed by atoms with E-state index >= 15 is 0 Å². The predicted molar refractivity (Wildman–Crippen MR) is 102 cm³/mol. The van der Waals surface area contributed by atoms with Gasteiger partial charge < -0.3 is 5.32 Å². The van der Waals surface area contributed by atoms with Crippen LogP contribution >= 0.6 is 0 Å². The summed E-state index contributed by atoms with van der Waals surface area (Å²) in [5.74, 6) is -0.220. The van der Waals surface area contributed by atoms with Crippen molar-refractivity contribution >= 4 is 27.2 Å². The highest BCUT2D eigenvalue weighted by molar-refractivity contribution is 7.90. The van der Waals surface area contributed by atoms with E-state index < -0.39 is 14.8 Å². The van der Waals surface area contributed by atoms with Gasteiger partial charge in [0.2, 0.25) is 5.91 Å². The maximum absolute atomic E-state index is 12.8. The molecule has 28 heavy (non-hydrogen) atoms. The van der Waals surface area contributed by atoms with Gasteiger partial charge in [0.15, 0.2) is 9.84 Å². The lowest BCUT2D eigenvalue weighted by atomic mass is 9.88. The van der Waals surface area contributed by atoms with Crippen LogP contribution < -0.4 is 5.32 Å². The summed E-state index contributed by atoms with van der Waals surface area (Å²) in [7, 11) is -3.28. The van der Waals surface area contributed by atoms with Crippen molar-refractivity contribution in [2.24, 2.45) is 5.92 Å². The number of amides is 1. The van der Waals surface area contributed by atoms with E-state index in [4.69, 9.17) is 0 Å². The van der Waals surface area contributed by atoms with Gasteiger partial charge >= 0.3 is 0 Å². The molecule has 0 spiro atoms. The van der Waals surface area contributed by atoms with Crippen LogP contribution in [0, 0.1) is 16.0 Å². The predicted octanol–water partition coefficient (Wildman–Crippen LogP) is 2.73. The van der Waals surface area contributed by atoms with Gasteiger partial charge in [-0.2, -0.15) is 5.10 Å². The first-order valence-electron chi connectivity index (χ1n) is 9.21. The van der Waals surface area contributed by atoms with E-state index in [1.165, 1.54) is 28.9 Å². The van der Waals surface area contributed by atoms with Gasteiger partial charge in [0.1, 0.15) is 5.82 Å². The normalized spacial score (nSPS) is 18.6. The highest BCUT2D eigenvalue weighted by Crippen LogP contribution is 2.34. The van der Waals surface area contributed by atoms with E-state index in [9.17, 15) is 23.3 Å². The minimum absolute atomic E-state index is 0.0567. The zero-order valence-corrected chi connectivity index (χ0v) is 15.9. The Morgan fingerprint density at radius 1 is 1.14 bits per heavy atom. The molecule has 2 aliphatic rings. The maximum Gasteiger partial charge on any atom is 0.269 e. The van der Waals surface area contributed by atoms with Gasteiger partial charge in [-0.1, -0.05) is 19.3 Å². The van der Waals surface area contributed by atoms with Crippen molar-refractivity contribution in [2.45, 2.75) is 43.6 Å². The quantitative estimate of drug-likeness (QED) is 0.617. The van der Waals surface area contributed by atoms with E-state index in [0.29, 0.717) is 22.8 Å². The van der Waals surface area contributed by atoms with Crippen LogP contribution in [0.4, 0.5) is 11.5 Å². The first-order chi connectivity index (χ1) is 13.3. The first-order valence-corrected chi connectivity index (χ1v) is 11.0. The molecule has 1 fully saturated rings. The second kappa shape index (κ2) is 7.01. The van der Waals surface area contributed by atoms with Crippen molar-refractivity contribution in [3.63, 3.8) is 0 Å². The SMILES string of the molecule is O=C(Nc1c2c(nn1-c1ccc([N+](=O)[O-])cc1)CS(=O)(=O)C2)C1CCCCC1. The standard InChI is InChI=1S/C18H20N4O5S/c23-18(12-4-2-1-3-5-12)19-17-15-10-28(26,27)11-16(15)20-21(17)13-6-8-14(9-7-13)22(24)25/h6-9,12H,1-5,10-11H2,(H,19,23). The fourth-order valence-corrected chi connectivity index (χ4v) is 5.35. The van der Waals surface area contributed by atoms with Gasteiger partial charge in [0.05, 0.1) is 27.8 Å². The van der Waals surface area contributed by atoms with E-state index in [-0.39, 0.29) is 29.0 Å². The van der Waals surface area contributed by atoms with Crippen LogP contribution in [-0.2, 0) is 26.1 Å². The summed E-state index contributed by atoms with van der Waals surface area (Å²) in [4.78, 5) is 23.1. The number of non-ortho nitro benzene ring substituents is 1. The molecule has 10 heteroatoms. The lowest BCUT2D eigenvalue weighted by Gasteiger charge is -2.21. The molecule has 0 unspecified atom stereocenters. The molecular weight excluding hydrogens is 384 g/mol. The van der Waals surface area contributed by atoms with Gasteiger partial charge in [-0.15, -0.1) is 0 Å². The number of aromatic nitrogens is 2. The molecule has 0 bridgehead atoms. The fraction of sp³-hybridized carbons (Fsp3) is 0.444. The second-order valence-corrected chi connectivity index (χ2v) is 9.38. The van der Waals surface area contributed by atoms with E-state index in [0.717, 1.165) is 32.1 Å². The zero-order chi connectivity index (χ0) is 19.9. The Balaban J connectivity index is 1.70. The summed E-state index contributed by atoms with van der Waals surface area (Å²) in [6.45, 7) is 0. The maximum atomic E-state index is 12.8. The third-order valence-corrected chi connectivity index (χ3v) is 6.75. The Bertz CT molecular complexity index is 1040. The average molecular weight is 404 g/mol. The number of fused-ring (bicyclic) bond motifs is 1. The number of carbonyl (C=O) groups is 1. The molecule has 1 aromatic heterocycles. The fourth-order valence-electron chi connectivity index (χ4n) is 3.86. The van der Waals surface area contributed by atoms with Crippen molar-refractivity contribution in [3.05, 3.63) is 45.6 Å². The molecule has 9 nitrogen and oxygen atoms in total. The molecule has 4 rings (SSSR count). The molecule has 1 aliphatic carbocycles. The third kappa shape index (κ3) is 3.51. The number of carbonyl (C=O) groups excluding carboxylic acids is 1. The molecule has 2 heterocycles. The van der Waals surface area contributed by atoms with Crippen molar-refractivity contribution in [1.82, 2.24) is 9.78 Å². The molecule has 1 aromatic carbocycles. The van der Waals surface area contributed by atoms with Gasteiger partial charge in [-0.25, -0.2) is 13.1 Å². The molecule has 148 valence electrons. The Kier molecular flexibility index (Phi) is 4.66. The van der Waals surface area contributed by atoms with Crippen molar-refractivity contribution in [2.75, 3.05) is 5.32 Å². The summed E-state index contributed by atoms with van der Waals surface area (Å²) in [5.41, 5.74) is 1.38. The Morgan fingerprint density at radius 2 is 1.82 bits per heavy atom. The summed E-state index contributed by atoms with van der Waals surface area (Å²) in [6.07, 6.45) is 4.77. The Labute approximate surface area is 161 Å². The lowest BCUT2D eigenvalue weighted by Crippen LogP contribution is -2.26. The molecule has 1 aliphatic heterocycles. The molecule has 1 saturated carbocycles. The number of hydrogen-bond donors (Lipinski definition) is 1. The molecule has 1 N–H and O–H groups in total. The molecule has 1 amide bonds. The van der Waals surface area contributed by atoms with Crippen LogP contribution in [-0.4, -0.2) is 29.0 Å². The number of hydrogen-bond acceptors (Lipinski definition) is 6. The minimum Gasteiger partial charge on any atom is -0.310 e.